The number of thioether (sulfide) groups is 1. The minimum atomic E-state index is 0.705. The summed E-state index contributed by atoms with van der Waals surface area (Å²) in [7, 11) is 0. The molecule has 0 spiro atoms. The van der Waals surface area contributed by atoms with Gasteiger partial charge in [-0.15, -0.1) is 0 Å². The highest BCUT2D eigenvalue weighted by molar-refractivity contribution is 8.13. The molecular formula is C13H20N4S. The van der Waals surface area contributed by atoms with Crippen molar-refractivity contribution in [3.63, 3.8) is 0 Å². The van der Waals surface area contributed by atoms with Crippen LogP contribution in [0.25, 0.3) is 0 Å². The fourth-order valence-corrected chi connectivity index (χ4v) is 3.94. The van der Waals surface area contributed by atoms with Gasteiger partial charge in [-0.3, -0.25) is 9.67 Å². The van der Waals surface area contributed by atoms with E-state index in [1.54, 1.807) is 0 Å². The molecule has 1 saturated heterocycles. The second kappa shape index (κ2) is 5.78. The number of aryl methyl sites for hydroxylation is 1. The number of hydrogen-bond donors (Lipinski definition) is 1. The third-order valence-electron chi connectivity index (χ3n) is 3.76. The van der Waals surface area contributed by atoms with Crippen LogP contribution < -0.4 is 5.32 Å². The summed E-state index contributed by atoms with van der Waals surface area (Å²) >= 11 is 1.90. The first-order chi connectivity index (χ1) is 8.92. The molecule has 98 valence electrons. The van der Waals surface area contributed by atoms with Gasteiger partial charge in [0.05, 0.1) is 0 Å². The molecule has 1 aromatic rings. The topological polar surface area (TPSA) is 42.2 Å². The van der Waals surface area contributed by atoms with Gasteiger partial charge in [-0.05, 0) is 31.2 Å². The molecule has 2 fully saturated rings. The van der Waals surface area contributed by atoms with E-state index in [2.05, 4.69) is 15.4 Å². The molecule has 18 heavy (non-hydrogen) atoms. The van der Waals surface area contributed by atoms with Crippen LogP contribution in [0.4, 0.5) is 0 Å². The fourth-order valence-electron chi connectivity index (χ4n) is 2.75. The molecule has 1 aliphatic carbocycles. The smallest absolute Gasteiger partial charge is 0.156 e. The largest absolute Gasteiger partial charge is 0.362 e. The molecule has 2 unspecified atom stereocenters. The summed E-state index contributed by atoms with van der Waals surface area (Å²) in [4.78, 5) is 4.67. The van der Waals surface area contributed by atoms with Gasteiger partial charge in [0.25, 0.3) is 0 Å². The predicted octanol–water partition coefficient (Wildman–Crippen LogP) is 2.13. The Balaban J connectivity index is 1.42. The van der Waals surface area contributed by atoms with Crippen molar-refractivity contribution in [3.05, 3.63) is 18.5 Å². The van der Waals surface area contributed by atoms with Crippen LogP contribution in [0, 0.1) is 5.92 Å². The van der Waals surface area contributed by atoms with Gasteiger partial charge < -0.3 is 5.32 Å². The Kier molecular flexibility index (Phi) is 3.88. The van der Waals surface area contributed by atoms with E-state index >= 15 is 0 Å². The summed E-state index contributed by atoms with van der Waals surface area (Å²) in [5, 5.41) is 8.96. The van der Waals surface area contributed by atoms with Crippen LogP contribution in [0.2, 0.25) is 0 Å². The summed E-state index contributed by atoms with van der Waals surface area (Å²) in [5.74, 6) is 2.15. The van der Waals surface area contributed by atoms with E-state index in [-0.39, 0.29) is 0 Å². The molecule has 3 rings (SSSR count). The monoisotopic (exact) mass is 264 g/mol. The first kappa shape index (κ1) is 12.1. The number of aromatic nitrogens is 2. The Labute approximate surface area is 112 Å². The van der Waals surface area contributed by atoms with Gasteiger partial charge in [0.2, 0.25) is 0 Å². The molecule has 1 aromatic heterocycles. The van der Waals surface area contributed by atoms with E-state index in [0.717, 1.165) is 25.4 Å². The van der Waals surface area contributed by atoms with Crippen molar-refractivity contribution in [2.45, 2.75) is 38.3 Å². The maximum Gasteiger partial charge on any atom is 0.156 e. The van der Waals surface area contributed by atoms with Crippen molar-refractivity contribution in [1.29, 1.82) is 0 Å². The summed E-state index contributed by atoms with van der Waals surface area (Å²) in [6.45, 7) is 1.85. The van der Waals surface area contributed by atoms with E-state index in [4.69, 9.17) is 0 Å². The fraction of sp³-hybridized carbons (Fsp3) is 0.692. The maximum absolute atomic E-state index is 4.67. The molecule has 1 aliphatic heterocycles. The second-order valence-corrected chi connectivity index (χ2v) is 6.07. The molecule has 0 radical (unpaired) electrons. The third-order valence-corrected chi connectivity index (χ3v) is 4.88. The molecular weight excluding hydrogens is 244 g/mol. The van der Waals surface area contributed by atoms with Crippen molar-refractivity contribution in [2.75, 3.05) is 12.3 Å². The quantitative estimate of drug-likeness (QED) is 0.847. The van der Waals surface area contributed by atoms with Crippen LogP contribution in [0.15, 0.2) is 23.5 Å². The number of amidine groups is 1. The molecule has 2 atom stereocenters. The van der Waals surface area contributed by atoms with Crippen molar-refractivity contribution in [2.24, 2.45) is 10.9 Å². The van der Waals surface area contributed by atoms with Crippen LogP contribution in [0.1, 0.15) is 25.7 Å². The molecule has 1 N–H and O–H groups in total. The second-order valence-electron chi connectivity index (χ2n) is 5.06. The minimum Gasteiger partial charge on any atom is -0.362 e. The SMILES string of the molecule is c1cnn(CCCN=C2NC3CCCC3CS2)c1. The van der Waals surface area contributed by atoms with Gasteiger partial charge in [0.1, 0.15) is 0 Å². The van der Waals surface area contributed by atoms with Crippen LogP contribution in [0.3, 0.4) is 0 Å². The van der Waals surface area contributed by atoms with Gasteiger partial charge in [0, 0.05) is 37.3 Å². The zero-order valence-electron chi connectivity index (χ0n) is 10.6. The van der Waals surface area contributed by atoms with Gasteiger partial charge in [-0.1, -0.05) is 18.2 Å². The Bertz CT molecular complexity index is 401. The van der Waals surface area contributed by atoms with Crippen LogP contribution in [-0.4, -0.2) is 33.3 Å². The van der Waals surface area contributed by atoms with Gasteiger partial charge in [-0.25, -0.2) is 0 Å². The summed E-state index contributed by atoms with van der Waals surface area (Å²) in [6.07, 6.45) is 9.00. The molecule has 4 nitrogen and oxygen atoms in total. The average Bonchev–Trinajstić information content (AvgIpc) is 3.05. The number of rotatable bonds is 4. The number of nitrogens with one attached hydrogen (secondary N) is 1. The number of aliphatic imine (C=N–C) groups is 1. The molecule has 1 saturated carbocycles. The summed E-state index contributed by atoms with van der Waals surface area (Å²) in [6, 6.07) is 2.67. The minimum absolute atomic E-state index is 0.705. The van der Waals surface area contributed by atoms with E-state index < -0.39 is 0 Å². The zero-order chi connectivity index (χ0) is 12.2. The van der Waals surface area contributed by atoms with Crippen LogP contribution in [-0.2, 0) is 6.54 Å². The van der Waals surface area contributed by atoms with Crippen LogP contribution in [0.5, 0.6) is 0 Å². The number of nitrogens with zero attached hydrogens (tertiary/aromatic N) is 3. The summed E-state index contributed by atoms with van der Waals surface area (Å²) < 4.78 is 1.97. The number of hydrogen-bond acceptors (Lipinski definition) is 3. The highest BCUT2D eigenvalue weighted by Gasteiger charge is 2.31. The van der Waals surface area contributed by atoms with Gasteiger partial charge in [0.15, 0.2) is 5.17 Å². The third kappa shape index (κ3) is 2.88. The van der Waals surface area contributed by atoms with E-state index in [1.165, 1.54) is 30.2 Å². The number of fused-ring (bicyclic) bond motifs is 1. The lowest BCUT2D eigenvalue weighted by Gasteiger charge is -2.28. The van der Waals surface area contributed by atoms with Gasteiger partial charge >= 0.3 is 0 Å². The predicted molar refractivity (Wildman–Crippen MR) is 75.9 cm³/mol. The average molecular weight is 264 g/mol. The lowest BCUT2D eigenvalue weighted by molar-refractivity contribution is 0.489. The first-order valence-corrected chi connectivity index (χ1v) is 7.81. The molecule has 2 heterocycles. The molecule has 0 aromatic carbocycles. The highest BCUT2D eigenvalue weighted by atomic mass is 32.2. The van der Waals surface area contributed by atoms with E-state index in [1.807, 2.05) is 34.9 Å². The molecule has 0 amide bonds. The Morgan fingerprint density at radius 2 is 2.50 bits per heavy atom. The molecule has 2 aliphatic rings. The highest BCUT2D eigenvalue weighted by Crippen LogP contribution is 2.32. The molecule has 0 bridgehead atoms. The van der Waals surface area contributed by atoms with Crippen molar-refractivity contribution < 1.29 is 0 Å². The van der Waals surface area contributed by atoms with E-state index in [0.29, 0.717) is 6.04 Å². The molecule has 5 heteroatoms. The van der Waals surface area contributed by atoms with Crippen molar-refractivity contribution in [1.82, 2.24) is 15.1 Å². The zero-order valence-corrected chi connectivity index (χ0v) is 11.4. The lowest BCUT2D eigenvalue weighted by Crippen LogP contribution is -2.41. The standard InChI is InChI=1S/C13H20N4S/c1-4-11-10-18-13(16-12(11)5-1)14-6-2-8-17-9-3-7-15-17/h3,7,9,11-12H,1-2,4-6,8,10H2,(H,14,16). The van der Waals surface area contributed by atoms with Crippen LogP contribution >= 0.6 is 11.8 Å². The van der Waals surface area contributed by atoms with Gasteiger partial charge in [-0.2, -0.15) is 5.10 Å². The Morgan fingerprint density at radius 1 is 1.50 bits per heavy atom. The van der Waals surface area contributed by atoms with E-state index in [9.17, 15) is 0 Å². The van der Waals surface area contributed by atoms with Crippen molar-refractivity contribution >= 4 is 16.9 Å². The Hall–Kier alpha value is -0.970. The normalized spacial score (nSPS) is 29.2. The Morgan fingerprint density at radius 3 is 3.39 bits per heavy atom. The first-order valence-electron chi connectivity index (χ1n) is 6.83. The summed E-state index contributed by atoms with van der Waals surface area (Å²) in [5.41, 5.74) is 0. The maximum atomic E-state index is 4.67. The lowest BCUT2D eigenvalue weighted by atomic mass is 10.1. The van der Waals surface area contributed by atoms with Crippen molar-refractivity contribution in [3.8, 4) is 0 Å².